The van der Waals surface area contributed by atoms with Crippen molar-refractivity contribution in [2.45, 2.75) is 12.5 Å². The molecule has 0 bridgehead atoms. The molecule has 0 aliphatic heterocycles. The van der Waals surface area contributed by atoms with Crippen molar-refractivity contribution in [1.82, 2.24) is 10.3 Å². The maximum absolute atomic E-state index is 12.2. The fraction of sp³-hybridized carbons (Fsp3) is 0.111. The van der Waals surface area contributed by atoms with Gasteiger partial charge in [-0.1, -0.05) is 40.2 Å². The summed E-state index contributed by atoms with van der Waals surface area (Å²) in [5.74, 6) is -1.47. The minimum absolute atomic E-state index is 0.191. The second-order valence-electron chi connectivity index (χ2n) is 5.41. The third-order valence-electron chi connectivity index (χ3n) is 3.80. The van der Waals surface area contributed by atoms with E-state index >= 15 is 0 Å². The molecule has 1 heterocycles. The fourth-order valence-electron chi connectivity index (χ4n) is 2.62. The Kier molecular flexibility index (Phi) is 4.66. The summed E-state index contributed by atoms with van der Waals surface area (Å²) >= 11 is 3.49. The number of amides is 1. The largest absolute Gasteiger partial charge is 0.480 e. The molecule has 3 rings (SSSR count). The molecule has 1 unspecified atom stereocenters. The van der Waals surface area contributed by atoms with Crippen LogP contribution in [0.1, 0.15) is 15.9 Å². The number of carboxylic acid groups (broad SMARTS) is 1. The van der Waals surface area contributed by atoms with E-state index in [2.05, 4.69) is 26.2 Å². The molecule has 3 aromatic rings. The van der Waals surface area contributed by atoms with Gasteiger partial charge in [0.1, 0.15) is 6.04 Å². The number of halogens is 1. The van der Waals surface area contributed by atoms with Crippen LogP contribution in [0.3, 0.4) is 0 Å². The number of benzene rings is 2. The lowest BCUT2D eigenvalue weighted by molar-refractivity contribution is -0.139. The van der Waals surface area contributed by atoms with Gasteiger partial charge in [-0.15, -0.1) is 0 Å². The highest BCUT2D eigenvalue weighted by molar-refractivity contribution is 9.10. The number of H-pyrrole nitrogens is 1. The number of hydrogen-bond donors (Lipinski definition) is 3. The summed E-state index contributed by atoms with van der Waals surface area (Å²) in [5, 5.41) is 13.0. The van der Waals surface area contributed by atoms with Crippen molar-refractivity contribution >= 4 is 38.7 Å². The predicted molar refractivity (Wildman–Crippen MR) is 95.0 cm³/mol. The zero-order chi connectivity index (χ0) is 17.1. The third kappa shape index (κ3) is 3.33. The fourth-order valence-corrected chi connectivity index (χ4v) is 3.24. The lowest BCUT2D eigenvalue weighted by Crippen LogP contribution is -2.42. The smallest absolute Gasteiger partial charge is 0.326 e. The number of aliphatic carboxylic acids is 1. The number of fused-ring (bicyclic) bond motifs is 1. The minimum atomic E-state index is -1.07. The van der Waals surface area contributed by atoms with Crippen molar-refractivity contribution in [2.75, 3.05) is 0 Å². The van der Waals surface area contributed by atoms with Gasteiger partial charge in [0.15, 0.2) is 0 Å². The van der Waals surface area contributed by atoms with Crippen molar-refractivity contribution in [3.63, 3.8) is 0 Å². The number of aromatic nitrogens is 1. The Balaban J connectivity index is 1.84. The van der Waals surface area contributed by atoms with Gasteiger partial charge in [0, 0.05) is 33.6 Å². The molecule has 24 heavy (non-hydrogen) atoms. The normalized spacial score (nSPS) is 12.0. The first kappa shape index (κ1) is 16.3. The average Bonchev–Trinajstić information content (AvgIpc) is 2.99. The van der Waals surface area contributed by atoms with E-state index in [9.17, 15) is 14.7 Å². The first-order chi connectivity index (χ1) is 11.6. The number of aromatic amines is 1. The highest BCUT2D eigenvalue weighted by Crippen LogP contribution is 2.27. The minimum Gasteiger partial charge on any atom is -0.480 e. The Labute approximate surface area is 146 Å². The number of carbonyl (C=O) groups is 2. The second-order valence-corrected chi connectivity index (χ2v) is 6.27. The van der Waals surface area contributed by atoms with E-state index in [1.807, 2.05) is 18.2 Å². The van der Waals surface area contributed by atoms with Gasteiger partial charge in [-0.25, -0.2) is 4.79 Å². The maximum Gasteiger partial charge on any atom is 0.326 e. The molecule has 1 amide bonds. The van der Waals surface area contributed by atoms with Gasteiger partial charge in [-0.2, -0.15) is 0 Å². The summed E-state index contributed by atoms with van der Waals surface area (Å²) in [4.78, 5) is 26.9. The average molecular weight is 387 g/mol. The van der Waals surface area contributed by atoms with Crippen LogP contribution in [0.4, 0.5) is 0 Å². The Morgan fingerprint density at radius 3 is 2.58 bits per heavy atom. The molecule has 122 valence electrons. The van der Waals surface area contributed by atoms with E-state index in [-0.39, 0.29) is 6.42 Å². The highest BCUT2D eigenvalue weighted by Gasteiger charge is 2.23. The monoisotopic (exact) mass is 386 g/mol. The molecular formula is C18H15BrN2O3. The number of rotatable bonds is 5. The quantitative estimate of drug-likeness (QED) is 0.628. The van der Waals surface area contributed by atoms with E-state index < -0.39 is 17.9 Å². The molecule has 0 spiro atoms. The molecule has 0 radical (unpaired) electrons. The van der Waals surface area contributed by atoms with E-state index in [1.54, 1.807) is 36.5 Å². The molecule has 0 saturated carbocycles. The first-order valence-electron chi connectivity index (χ1n) is 7.39. The Bertz CT molecular complexity index is 890. The van der Waals surface area contributed by atoms with Crippen LogP contribution in [-0.2, 0) is 11.2 Å². The van der Waals surface area contributed by atoms with Crippen molar-refractivity contribution in [1.29, 1.82) is 0 Å². The van der Waals surface area contributed by atoms with E-state index in [0.717, 1.165) is 20.9 Å². The topological polar surface area (TPSA) is 82.2 Å². The van der Waals surface area contributed by atoms with Gasteiger partial charge in [-0.05, 0) is 29.8 Å². The molecule has 1 atom stereocenters. The Morgan fingerprint density at radius 2 is 1.88 bits per heavy atom. The number of nitrogens with one attached hydrogen (secondary N) is 2. The van der Waals surface area contributed by atoms with Crippen LogP contribution >= 0.6 is 15.9 Å². The molecule has 0 aliphatic rings. The van der Waals surface area contributed by atoms with E-state index in [4.69, 9.17) is 0 Å². The standard InChI is InChI=1S/C18H15BrN2O3/c19-13-7-4-8-14-16(13)12(10-20-14)9-15(18(23)24)21-17(22)11-5-2-1-3-6-11/h1-8,10,15,20H,9H2,(H,21,22)(H,23,24). The lowest BCUT2D eigenvalue weighted by atomic mass is 10.0. The summed E-state index contributed by atoms with van der Waals surface area (Å²) in [7, 11) is 0. The summed E-state index contributed by atoms with van der Waals surface area (Å²) in [6.07, 6.45) is 1.97. The summed E-state index contributed by atoms with van der Waals surface area (Å²) in [6.45, 7) is 0. The second kappa shape index (κ2) is 6.88. The molecular weight excluding hydrogens is 372 g/mol. The van der Waals surface area contributed by atoms with Crippen molar-refractivity contribution in [2.24, 2.45) is 0 Å². The van der Waals surface area contributed by atoms with Gasteiger partial charge >= 0.3 is 5.97 Å². The number of hydrogen-bond acceptors (Lipinski definition) is 2. The van der Waals surface area contributed by atoms with Crippen molar-refractivity contribution in [3.8, 4) is 0 Å². The predicted octanol–water partition coefficient (Wildman–Crippen LogP) is 3.36. The highest BCUT2D eigenvalue weighted by atomic mass is 79.9. The third-order valence-corrected chi connectivity index (χ3v) is 4.46. The molecule has 1 aromatic heterocycles. The van der Waals surface area contributed by atoms with Crippen LogP contribution in [0.5, 0.6) is 0 Å². The van der Waals surface area contributed by atoms with Crippen LogP contribution in [-0.4, -0.2) is 28.0 Å². The van der Waals surface area contributed by atoms with Gasteiger partial charge in [-0.3, -0.25) is 4.79 Å². The molecule has 3 N–H and O–H groups in total. The lowest BCUT2D eigenvalue weighted by Gasteiger charge is -2.14. The van der Waals surface area contributed by atoms with Crippen LogP contribution in [0.15, 0.2) is 59.2 Å². The van der Waals surface area contributed by atoms with Crippen LogP contribution in [0.2, 0.25) is 0 Å². The first-order valence-corrected chi connectivity index (χ1v) is 8.19. The number of carbonyl (C=O) groups excluding carboxylic acids is 1. The summed E-state index contributed by atoms with van der Waals surface area (Å²) in [6, 6.07) is 13.3. The van der Waals surface area contributed by atoms with Gasteiger partial charge < -0.3 is 15.4 Å². The van der Waals surface area contributed by atoms with E-state index in [1.165, 1.54) is 0 Å². The van der Waals surface area contributed by atoms with Crippen molar-refractivity contribution in [3.05, 3.63) is 70.3 Å². The van der Waals surface area contributed by atoms with Gasteiger partial charge in [0.05, 0.1) is 0 Å². The molecule has 6 heteroatoms. The number of carboxylic acids is 1. The van der Waals surface area contributed by atoms with Crippen LogP contribution in [0.25, 0.3) is 10.9 Å². The Morgan fingerprint density at radius 1 is 1.12 bits per heavy atom. The molecule has 0 aliphatic carbocycles. The van der Waals surface area contributed by atoms with Crippen LogP contribution < -0.4 is 5.32 Å². The van der Waals surface area contributed by atoms with E-state index in [0.29, 0.717) is 5.56 Å². The molecule has 0 saturated heterocycles. The Hall–Kier alpha value is -2.60. The van der Waals surface area contributed by atoms with Gasteiger partial charge in [0.25, 0.3) is 5.91 Å². The summed E-state index contributed by atoms with van der Waals surface area (Å²) in [5.41, 5.74) is 2.18. The molecule has 5 nitrogen and oxygen atoms in total. The van der Waals surface area contributed by atoms with Crippen molar-refractivity contribution < 1.29 is 14.7 Å². The zero-order valence-corrected chi connectivity index (χ0v) is 14.2. The molecule has 2 aromatic carbocycles. The van der Waals surface area contributed by atoms with Gasteiger partial charge in [0.2, 0.25) is 0 Å². The van der Waals surface area contributed by atoms with Crippen LogP contribution in [0, 0.1) is 0 Å². The summed E-state index contributed by atoms with van der Waals surface area (Å²) < 4.78 is 0.884. The maximum atomic E-state index is 12.2. The zero-order valence-electron chi connectivity index (χ0n) is 12.6. The molecule has 0 fully saturated rings. The SMILES string of the molecule is O=C(NC(Cc1c[nH]c2cccc(Br)c12)C(=O)O)c1ccccc1.